The van der Waals surface area contributed by atoms with Crippen molar-refractivity contribution in [3.8, 4) is 5.75 Å². The number of thiophene rings is 1. The number of rotatable bonds is 10. The summed E-state index contributed by atoms with van der Waals surface area (Å²) in [6.07, 6.45) is 1.25. The summed E-state index contributed by atoms with van der Waals surface area (Å²) in [5.74, 6) is 0.964. The van der Waals surface area contributed by atoms with Gasteiger partial charge in [0.15, 0.2) is 0 Å². The Morgan fingerprint density at radius 3 is 2.71 bits per heavy atom. The van der Waals surface area contributed by atoms with Gasteiger partial charge in [-0.3, -0.25) is 9.59 Å². The summed E-state index contributed by atoms with van der Waals surface area (Å²) < 4.78 is 11.2. The smallest absolute Gasteiger partial charge is 0.242 e. The van der Waals surface area contributed by atoms with Crippen LogP contribution in [0.2, 0.25) is 0 Å². The van der Waals surface area contributed by atoms with Crippen molar-refractivity contribution < 1.29 is 19.1 Å². The van der Waals surface area contributed by atoms with E-state index in [1.54, 1.807) is 23.3 Å². The fourth-order valence-corrected chi connectivity index (χ4v) is 4.72. The van der Waals surface area contributed by atoms with Gasteiger partial charge < -0.3 is 19.3 Å². The van der Waals surface area contributed by atoms with E-state index in [0.29, 0.717) is 32.7 Å². The lowest BCUT2D eigenvalue weighted by Gasteiger charge is -2.37. The summed E-state index contributed by atoms with van der Waals surface area (Å²) in [7, 11) is 1.60. The second kappa shape index (κ2) is 11.3. The molecule has 0 N–H and O–H groups in total. The van der Waals surface area contributed by atoms with E-state index < -0.39 is 0 Å². The van der Waals surface area contributed by atoms with E-state index in [1.165, 1.54) is 4.88 Å². The van der Waals surface area contributed by atoms with Crippen molar-refractivity contribution in [1.82, 2.24) is 9.80 Å². The Morgan fingerprint density at radius 1 is 1.23 bits per heavy atom. The maximum Gasteiger partial charge on any atom is 0.242 e. The van der Waals surface area contributed by atoms with Crippen LogP contribution in [-0.4, -0.2) is 61.6 Å². The van der Waals surface area contributed by atoms with Gasteiger partial charge in [0, 0.05) is 31.5 Å². The van der Waals surface area contributed by atoms with Crippen LogP contribution in [0, 0.1) is 5.92 Å². The molecule has 6 nitrogen and oxygen atoms in total. The molecule has 0 fully saturated rings. The molecule has 1 aliphatic heterocycles. The Bertz CT molecular complexity index is 852. The molecule has 2 heterocycles. The predicted octanol–water partition coefficient (Wildman–Crippen LogP) is 3.77. The lowest BCUT2D eigenvalue weighted by molar-refractivity contribution is -0.143. The van der Waals surface area contributed by atoms with Gasteiger partial charge in [-0.05, 0) is 41.5 Å². The summed E-state index contributed by atoms with van der Waals surface area (Å²) in [6.45, 7) is 5.92. The third-order valence-corrected chi connectivity index (χ3v) is 6.39. The molecular formula is C24H32N2O4S. The molecule has 2 aromatic rings. The largest absolute Gasteiger partial charge is 0.491 e. The highest BCUT2D eigenvalue weighted by molar-refractivity contribution is 7.10. The van der Waals surface area contributed by atoms with E-state index in [1.807, 2.05) is 49.1 Å². The van der Waals surface area contributed by atoms with Gasteiger partial charge in [-0.2, -0.15) is 0 Å². The topological polar surface area (TPSA) is 59.1 Å². The summed E-state index contributed by atoms with van der Waals surface area (Å²) in [4.78, 5) is 30.9. The lowest BCUT2D eigenvalue weighted by Crippen LogP contribution is -2.48. The van der Waals surface area contributed by atoms with Crippen LogP contribution in [0.25, 0.3) is 0 Å². The number of carbonyl (C=O) groups is 2. The van der Waals surface area contributed by atoms with Gasteiger partial charge in [-0.25, -0.2) is 0 Å². The minimum Gasteiger partial charge on any atom is -0.491 e. The van der Waals surface area contributed by atoms with Crippen molar-refractivity contribution >= 4 is 23.2 Å². The Morgan fingerprint density at radius 2 is 2.00 bits per heavy atom. The summed E-state index contributed by atoms with van der Waals surface area (Å²) >= 11 is 1.73. The first-order valence-electron chi connectivity index (χ1n) is 10.8. The number of methoxy groups -OCH3 is 1. The predicted molar refractivity (Wildman–Crippen MR) is 122 cm³/mol. The number of carbonyl (C=O) groups excluding carboxylic acids is 2. The van der Waals surface area contributed by atoms with Gasteiger partial charge in [0.2, 0.25) is 11.8 Å². The molecule has 1 aliphatic rings. The normalized spacial score (nSPS) is 15.6. The zero-order chi connectivity index (χ0) is 22.2. The SMILES string of the molecule is COCCN(CC(=O)N1CCc2sccc2C1COc1ccccc1)C(=O)CC(C)C. The van der Waals surface area contributed by atoms with Gasteiger partial charge in [-0.1, -0.05) is 32.0 Å². The second-order valence-corrected chi connectivity index (χ2v) is 9.18. The molecule has 0 spiro atoms. The average molecular weight is 445 g/mol. The van der Waals surface area contributed by atoms with Gasteiger partial charge in [-0.15, -0.1) is 11.3 Å². The maximum atomic E-state index is 13.4. The molecule has 1 unspecified atom stereocenters. The number of benzene rings is 1. The maximum absolute atomic E-state index is 13.4. The molecule has 1 atom stereocenters. The van der Waals surface area contributed by atoms with E-state index in [4.69, 9.17) is 9.47 Å². The third kappa shape index (κ3) is 6.31. The molecule has 31 heavy (non-hydrogen) atoms. The Balaban J connectivity index is 1.73. The highest BCUT2D eigenvalue weighted by Gasteiger charge is 2.33. The van der Waals surface area contributed by atoms with Crippen LogP contribution in [0.5, 0.6) is 5.75 Å². The standard InChI is InChI=1S/C24H32N2O4S/c1-18(2)15-23(27)25(12-13-29-3)16-24(28)26-11-9-22-20(10-14-31-22)21(26)17-30-19-7-5-4-6-8-19/h4-8,10,14,18,21H,9,11-13,15-17H2,1-3H3. The summed E-state index contributed by atoms with van der Waals surface area (Å²) in [5.41, 5.74) is 1.15. The van der Waals surface area contributed by atoms with Gasteiger partial charge in [0.05, 0.1) is 19.2 Å². The Hall–Kier alpha value is -2.38. The van der Waals surface area contributed by atoms with E-state index in [0.717, 1.165) is 17.7 Å². The molecule has 0 saturated carbocycles. The third-order valence-electron chi connectivity index (χ3n) is 5.39. The highest BCUT2D eigenvalue weighted by Crippen LogP contribution is 2.34. The van der Waals surface area contributed by atoms with Gasteiger partial charge in [0.1, 0.15) is 12.4 Å². The molecule has 0 bridgehead atoms. The molecule has 1 aromatic carbocycles. The van der Waals surface area contributed by atoms with Crippen molar-refractivity contribution in [2.24, 2.45) is 5.92 Å². The summed E-state index contributed by atoms with van der Waals surface area (Å²) in [6, 6.07) is 11.6. The van der Waals surface area contributed by atoms with E-state index >= 15 is 0 Å². The zero-order valence-electron chi connectivity index (χ0n) is 18.6. The fraction of sp³-hybridized carbons (Fsp3) is 0.500. The molecule has 168 valence electrons. The molecule has 3 rings (SSSR count). The van der Waals surface area contributed by atoms with Crippen LogP contribution >= 0.6 is 11.3 Å². The molecule has 1 aromatic heterocycles. The van der Waals surface area contributed by atoms with Crippen LogP contribution < -0.4 is 4.74 Å². The van der Waals surface area contributed by atoms with Crippen molar-refractivity contribution in [2.75, 3.05) is 40.0 Å². The number of hydrogen-bond acceptors (Lipinski definition) is 5. The number of hydrogen-bond donors (Lipinski definition) is 0. The van der Waals surface area contributed by atoms with Gasteiger partial charge in [0.25, 0.3) is 0 Å². The number of amides is 2. The molecule has 2 amide bonds. The van der Waals surface area contributed by atoms with Crippen LogP contribution in [-0.2, 0) is 20.7 Å². The average Bonchev–Trinajstić information content (AvgIpc) is 3.24. The van der Waals surface area contributed by atoms with Crippen LogP contribution in [0.4, 0.5) is 0 Å². The first-order valence-corrected chi connectivity index (χ1v) is 11.7. The minimum absolute atomic E-state index is 0.00860. The Labute approximate surface area is 188 Å². The van der Waals surface area contributed by atoms with Crippen molar-refractivity contribution in [3.05, 3.63) is 52.2 Å². The number of nitrogens with zero attached hydrogens (tertiary/aromatic N) is 2. The number of para-hydroxylation sites is 1. The molecule has 0 aliphatic carbocycles. The Kier molecular flexibility index (Phi) is 8.49. The highest BCUT2D eigenvalue weighted by atomic mass is 32.1. The lowest BCUT2D eigenvalue weighted by atomic mass is 10.0. The van der Waals surface area contributed by atoms with E-state index in [9.17, 15) is 9.59 Å². The monoisotopic (exact) mass is 444 g/mol. The zero-order valence-corrected chi connectivity index (χ0v) is 19.4. The van der Waals surface area contributed by atoms with E-state index in [-0.39, 0.29) is 30.3 Å². The molecule has 0 saturated heterocycles. The number of ether oxygens (including phenoxy) is 2. The molecular weight excluding hydrogens is 412 g/mol. The molecule has 0 radical (unpaired) electrons. The first kappa shape index (κ1) is 23.3. The van der Waals surface area contributed by atoms with Crippen molar-refractivity contribution in [1.29, 1.82) is 0 Å². The minimum atomic E-state index is -0.160. The van der Waals surface area contributed by atoms with E-state index in [2.05, 4.69) is 11.4 Å². The number of fused-ring (bicyclic) bond motifs is 1. The van der Waals surface area contributed by atoms with Crippen LogP contribution in [0.15, 0.2) is 41.8 Å². The van der Waals surface area contributed by atoms with Crippen molar-refractivity contribution in [2.45, 2.75) is 32.7 Å². The quantitative estimate of drug-likeness (QED) is 0.560. The van der Waals surface area contributed by atoms with Crippen molar-refractivity contribution in [3.63, 3.8) is 0 Å². The van der Waals surface area contributed by atoms with Crippen LogP contribution in [0.1, 0.15) is 36.8 Å². The summed E-state index contributed by atoms with van der Waals surface area (Å²) in [5, 5.41) is 2.07. The van der Waals surface area contributed by atoms with Crippen LogP contribution in [0.3, 0.4) is 0 Å². The first-order chi connectivity index (χ1) is 15.0. The molecule has 7 heteroatoms. The second-order valence-electron chi connectivity index (χ2n) is 8.18. The van der Waals surface area contributed by atoms with Gasteiger partial charge >= 0.3 is 0 Å². The fourth-order valence-electron chi connectivity index (χ4n) is 3.79.